The van der Waals surface area contributed by atoms with Gasteiger partial charge in [0.25, 0.3) is 5.91 Å². The number of nitrogens with two attached hydrogens (primary N) is 1. The molecule has 0 bridgehead atoms. The van der Waals surface area contributed by atoms with Crippen molar-refractivity contribution in [2.45, 2.75) is 50.6 Å². The van der Waals surface area contributed by atoms with E-state index in [1.54, 1.807) is 17.0 Å². The lowest BCUT2D eigenvalue weighted by molar-refractivity contribution is -0.123. The van der Waals surface area contributed by atoms with Crippen LogP contribution in [-0.4, -0.2) is 41.9 Å². The first-order valence-corrected chi connectivity index (χ1v) is 9.13. The number of hydrogen-bond donors (Lipinski definition) is 2. The van der Waals surface area contributed by atoms with Crippen molar-refractivity contribution < 1.29 is 14.0 Å². The molecule has 5 nitrogen and oxygen atoms in total. The Bertz CT molecular complexity index is 635. The van der Waals surface area contributed by atoms with Crippen molar-refractivity contribution in [1.82, 2.24) is 10.2 Å². The minimum absolute atomic E-state index is 0. The Morgan fingerprint density at radius 1 is 1.15 bits per heavy atom. The minimum atomic E-state index is -0.490. The van der Waals surface area contributed by atoms with Crippen molar-refractivity contribution in [3.8, 4) is 0 Å². The van der Waals surface area contributed by atoms with Crippen LogP contribution in [-0.2, 0) is 4.79 Å². The van der Waals surface area contributed by atoms with E-state index in [4.69, 9.17) is 5.73 Å². The lowest BCUT2D eigenvalue weighted by atomic mass is 9.98. The van der Waals surface area contributed by atoms with Crippen molar-refractivity contribution in [2.24, 2.45) is 11.7 Å². The summed E-state index contributed by atoms with van der Waals surface area (Å²) >= 11 is 0. The fourth-order valence-corrected chi connectivity index (χ4v) is 3.88. The van der Waals surface area contributed by atoms with Crippen LogP contribution in [0.15, 0.2) is 24.3 Å². The number of hydrogen-bond acceptors (Lipinski definition) is 3. The molecular formula is C19H27ClFN3O2. The lowest BCUT2D eigenvalue weighted by Gasteiger charge is -2.32. The van der Waals surface area contributed by atoms with Crippen LogP contribution in [0.25, 0.3) is 0 Å². The topological polar surface area (TPSA) is 75.4 Å². The van der Waals surface area contributed by atoms with E-state index in [9.17, 15) is 14.0 Å². The van der Waals surface area contributed by atoms with Crippen molar-refractivity contribution in [3.05, 3.63) is 35.6 Å². The number of amides is 2. The van der Waals surface area contributed by atoms with E-state index in [0.717, 1.165) is 19.3 Å². The SMILES string of the molecule is Cl.N[C@@H]1CCC[C@H]1CC(=O)NC1CCN(C(=O)c2ccccc2F)CC1. The molecule has 3 N–H and O–H groups in total. The molecule has 1 heterocycles. The molecule has 7 heteroatoms. The monoisotopic (exact) mass is 383 g/mol. The minimum Gasteiger partial charge on any atom is -0.353 e. The first-order valence-electron chi connectivity index (χ1n) is 9.13. The van der Waals surface area contributed by atoms with Crippen LogP contribution in [0.1, 0.15) is 48.9 Å². The van der Waals surface area contributed by atoms with Crippen molar-refractivity contribution >= 4 is 24.2 Å². The summed E-state index contributed by atoms with van der Waals surface area (Å²) in [5, 5.41) is 3.07. The molecule has 0 aromatic heterocycles. The van der Waals surface area contributed by atoms with E-state index in [1.165, 1.54) is 12.1 Å². The summed E-state index contributed by atoms with van der Waals surface area (Å²) in [6.07, 6.45) is 5.04. The highest BCUT2D eigenvalue weighted by Gasteiger charge is 2.29. The summed E-state index contributed by atoms with van der Waals surface area (Å²) in [4.78, 5) is 26.3. The molecule has 1 saturated carbocycles. The van der Waals surface area contributed by atoms with Crippen LogP contribution in [0.4, 0.5) is 4.39 Å². The van der Waals surface area contributed by atoms with Gasteiger partial charge in [0, 0.05) is 31.6 Å². The number of halogens is 2. The van der Waals surface area contributed by atoms with Gasteiger partial charge in [-0.2, -0.15) is 0 Å². The van der Waals surface area contributed by atoms with E-state index < -0.39 is 5.82 Å². The number of carbonyl (C=O) groups is 2. The molecule has 0 radical (unpaired) electrons. The van der Waals surface area contributed by atoms with Gasteiger partial charge in [-0.05, 0) is 43.7 Å². The first-order chi connectivity index (χ1) is 12.0. The van der Waals surface area contributed by atoms with Crippen molar-refractivity contribution in [3.63, 3.8) is 0 Å². The smallest absolute Gasteiger partial charge is 0.256 e. The quantitative estimate of drug-likeness (QED) is 0.838. The van der Waals surface area contributed by atoms with Gasteiger partial charge in [0.15, 0.2) is 0 Å². The highest BCUT2D eigenvalue weighted by molar-refractivity contribution is 5.94. The zero-order chi connectivity index (χ0) is 17.8. The van der Waals surface area contributed by atoms with E-state index in [0.29, 0.717) is 38.3 Å². The molecule has 2 atom stereocenters. The maximum absolute atomic E-state index is 13.8. The molecule has 3 rings (SSSR count). The van der Waals surface area contributed by atoms with Gasteiger partial charge in [0.2, 0.25) is 5.91 Å². The van der Waals surface area contributed by atoms with Gasteiger partial charge in [0.1, 0.15) is 5.82 Å². The molecule has 1 aliphatic carbocycles. The molecule has 144 valence electrons. The summed E-state index contributed by atoms with van der Waals surface area (Å²) in [7, 11) is 0. The molecule has 1 aliphatic heterocycles. The fraction of sp³-hybridized carbons (Fsp3) is 0.579. The Morgan fingerprint density at radius 2 is 1.85 bits per heavy atom. The third kappa shape index (κ3) is 4.95. The van der Waals surface area contributed by atoms with Crippen LogP contribution < -0.4 is 11.1 Å². The fourth-order valence-electron chi connectivity index (χ4n) is 3.88. The molecule has 0 unspecified atom stereocenters. The largest absolute Gasteiger partial charge is 0.353 e. The third-order valence-corrected chi connectivity index (χ3v) is 5.42. The molecule has 26 heavy (non-hydrogen) atoms. The van der Waals surface area contributed by atoms with Gasteiger partial charge >= 0.3 is 0 Å². The normalized spacial score (nSPS) is 23.4. The standard InChI is InChI=1S/C19H26FN3O2.ClH/c20-16-6-2-1-5-15(16)19(25)23-10-8-14(9-11-23)22-18(24)12-13-4-3-7-17(13)21;/h1-2,5-6,13-14,17H,3-4,7-12,21H2,(H,22,24);1H/t13-,17+;/m0./s1. The molecule has 1 aromatic carbocycles. The van der Waals surface area contributed by atoms with Gasteiger partial charge < -0.3 is 16.0 Å². The van der Waals surface area contributed by atoms with E-state index in [2.05, 4.69) is 5.32 Å². The Labute approximate surface area is 159 Å². The molecule has 1 saturated heterocycles. The number of piperidine rings is 1. The molecule has 0 spiro atoms. The van der Waals surface area contributed by atoms with Gasteiger partial charge in [0.05, 0.1) is 5.56 Å². The Balaban J connectivity index is 0.00000243. The second-order valence-electron chi connectivity index (χ2n) is 7.17. The van der Waals surface area contributed by atoms with Crippen molar-refractivity contribution in [2.75, 3.05) is 13.1 Å². The number of nitrogens with one attached hydrogen (secondary N) is 1. The molecule has 2 amide bonds. The van der Waals surface area contributed by atoms with E-state index >= 15 is 0 Å². The number of likely N-dealkylation sites (tertiary alicyclic amines) is 1. The summed E-state index contributed by atoms with van der Waals surface area (Å²) in [5.74, 6) is -0.417. The molecule has 1 aromatic rings. The van der Waals surface area contributed by atoms with E-state index in [1.807, 2.05) is 0 Å². The third-order valence-electron chi connectivity index (χ3n) is 5.42. The Kier molecular flexibility index (Phi) is 7.41. The number of carbonyl (C=O) groups excluding carboxylic acids is 2. The van der Waals surface area contributed by atoms with Crippen LogP contribution in [0, 0.1) is 11.7 Å². The summed E-state index contributed by atoms with van der Waals surface area (Å²) < 4.78 is 13.8. The predicted molar refractivity (Wildman–Crippen MR) is 101 cm³/mol. The summed E-state index contributed by atoms with van der Waals surface area (Å²) in [5.41, 5.74) is 6.14. The average molecular weight is 384 g/mol. The first kappa shape index (κ1) is 20.6. The Morgan fingerprint density at radius 3 is 2.46 bits per heavy atom. The molecular weight excluding hydrogens is 357 g/mol. The number of benzene rings is 1. The van der Waals surface area contributed by atoms with Gasteiger partial charge in [-0.3, -0.25) is 9.59 Å². The van der Waals surface area contributed by atoms with Gasteiger partial charge in [-0.15, -0.1) is 12.4 Å². The maximum Gasteiger partial charge on any atom is 0.256 e. The number of rotatable bonds is 4. The summed E-state index contributed by atoms with van der Waals surface area (Å²) in [6.45, 7) is 1.06. The van der Waals surface area contributed by atoms with Gasteiger partial charge in [-0.25, -0.2) is 4.39 Å². The van der Waals surface area contributed by atoms with Crippen LogP contribution in [0.5, 0.6) is 0 Å². The second kappa shape index (κ2) is 9.33. The average Bonchev–Trinajstić information content (AvgIpc) is 3.00. The van der Waals surface area contributed by atoms with Crippen molar-refractivity contribution in [1.29, 1.82) is 0 Å². The molecule has 2 fully saturated rings. The van der Waals surface area contributed by atoms with Crippen LogP contribution >= 0.6 is 12.4 Å². The Hall–Kier alpha value is -1.66. The lowest BCUT2D eigenvalue weighted by Crippen LogP contribution is -2.47. The van der Waals surface area contributed by atoms with Crippen LogP contribution in [0.2, 0.25) is 0 Å². The van der Waals surface area contributed by atoms with Crippen LogP contribution in [0.3, 0.4) is 0 Å². The van der Waals surface area contributed by atoms with Gasteiger partial charge in [-0.1, -0.05) is 18.6 Å². The molecule has 2 aliphatic rings. The summed E-state index contributed by atoms with van der Waals surface area (Å²) in [6, 6.07) is 6.27. The highest BCUT2D eigenvalue weighted by atomic mass is 35.5. The second-order valence-corrected chi connectivity index (χ2v) is 7.17. The number of nitrogens with zero attached hydrogens (tertiary/aromatic N) is 1. The highest BCUT2D eigenvalue weighted by Crippen LogP contribution is 2.27. The zero-order valence-electron chi connectivity index (χ0n) is 14.8. The predicted octanol–water partition coefficient (Wildman–Crippen LogP) is 2.49. The maximum atomic E-state index is 13.8. The zero-order valence-corrected chi connectivity index (χ0v) is 15.6. The van der Waals surface area contributed by atoms with E-state index in [-0.39, 0.29) is 41.9 Å².